The van der Waals surface area contributed by atoms with Gasteiger partial charge in [0, 0.05) is 13.2 Å². The monoisotopic (exact) mass is 261 g/mol. The van der Waals surface area contributed by atoms with Crippen molar-refractivity contribution in [1.82, 2.24) is 0 Å². The molecule has 5 nitrogen and oxygen atoms in total. The van der Waals surface area contributed by atoms with Gasteiger partial charge in [-0.2, -0.15) is 5.26 Å². The molecule has 1 atom stereocenters. The van der Waals surface area contributed by atoms with Gasteiger partial charge in [-0.15, -0.1) is 0 Å². The third kappa shape index (κ3) is 2.03. The van der Waals surface area contributed by atoms with Crippen LogP contribution in [0.15, 0.2) is 18.2 Å². The van der Waals surface area contributed by atoms with Crippen LogP contribution in [-0.4, -0.2) is 25.1 Å². The molecule has 1 saturated heterocycles. The molecular formula is C14H15NO4. The summed E-state index contributed by atoms with van der Waals surface area (Å²) >= 11 is 0. The average Bonchev–Trinajstić information content (AvgIpc) is 2.94. The number of aliphatic hydroxyl groups is 1. The number of hydrogen-bond acceptors (Lipinski definition) is 5. The van der Waals surface area contributed by atoms with E-state index in [1.165, 1.54) is 0 Å². The predicted molar refractivity (Wildman–Crippen MR) is 65.6 cm³/mol. The van der Waals surface area contributed by atoms with Crippen molar-refractivity contribution in [3.05, 3.63) is 23.8 Å². The standard InChI is InChI=1S/C14H15NO4/c15-8-14(3-5-17-6-4-14)13(16)10-1-2-11-12(7-10)19-9-18-11/h1-2,7,13,16H,3-6,9H2. The molecule has 1 fully saturated rings. The van der Waals surface area contributed by atoms with Crippen molar-refractivity contribution < 1.29 is 19.3 Å². The average molecular weight is 261 g/mol. The van der Waals surface area contributed by atoms with Crippen molar-refractivity contribution in [1.29, 1.82) is 5.26 Å². The molecule has 100 valence electrons. The molecule has 1 aromatic rings. The predicted octanol–water partition coefficient (Wildman–Crippen LogP) is 1.77. The highest BCUT2D eigenvalue weighted by molar-refractivity contribution is 5.45. The fourth-order valence-corrected chi connectivity index (χ4v) is 2.58. The van der Waals surface area contributed by atoms with Crippen molar-refractivity contribution in [3.8, 4) is 17.6 Å². The van der Waals surface area contributed by atoms with Gasteiger partial charge in [-0.1, -0.05) is 6.07 Å². The molecule has 0 spiro atoms. The summed E-state index contributed by atoms with van der Waals surface area (Å²) in [6.45, 7) is 1.22. The van der Waals surface area contributed by atoms with Gasteiger partial charge in [-0.25, -0.2) is 0 Å². The molecule has 1 aromatic carbocycles. The van der Waals surface area contributed by atoms with Crippen molar-refractivity contribution in [2.24, 2.45) is 5.41 Å². The maximum Gasteiger partial charge on any atom is 0.231 e. The quantitative estimate of drug-likeness (QED) is 0.878. The van der Waals surface area contributed by atoms with E-state index in [9.17, 15) is 10.4 Å². The lowest BCUT2D eigenvalue weighted by molar-refractivity contribution is -0.0310. The molecular weight excluding hydrogens is 246 g/mol. The Balaban J connectivity index is 1.90. The molecule has 0 radical (unpaired) electrons. The van der Waals surface area contributed by atoms with Gasteiger partial charge in [0.25, 0.3) is 0 Å². The second kappa shape index (κ2) is 4.72. The Hall–Kier alpha value is -1.77. The van der Waals surface area contributed by atoms with Crippen LogP contribution in [0.25, 0.3) is 0 Å². The van der Waals surface area contributed by atoms with Crippen LogP contribution in [0.1, 0.15) is 24.5 Å². The Morgan fingerprint density at radius 1 is 1.21 bits per heavy atom. The van der Waals surface area contributed by atoms with Gasteiger partial charge in [0.2, 0.25) is 6.79 Å². The summed E-state index contributed by atoms with van der Waals surface area (Å²) in [6.07, 6.45) is 0.244. The topological polar surface area (TPSA) is 71.7 Å². The minimum Gasteiger partial charge on any atom is -0.454 e. The van der Waals surface area contributed by atoms with E-state index in [4.69, 9.17) is 14.2 Å². The first-order chi connectivity index (χ1) is 9.25. The van der Waals surface area contributed by atoms with Crippen molar-refractivity contribution in [2.75, 3.05) is 20.0 Å². The zero-order valence-electron chi connectivity index (χ0n) is 10.5. The summed E-state index contributed by atoms with van der Waals surface area (Å²) in [4.78, 5) is 0. The number of nitrogens with zero attached hydrogens (tertiary/aromatic N) is 1. The van der Waals surface area contributed by atoms with E-state index >= 15 is 0 Å². The van der Waals surface area contributed by atoms with Crippen LogP contribution >= 0.6 is 0 Å². The molecule has 3 rings (SSSR count). The molecule has 0 aromatic heterocycles. The molecule has 2 aliphatic rings. The van der Waals surface area contributed by atoms with Gasteiger partial charge in [0.15, 0.2) is 11.5 Å². The number of fused-ring (bicyclic) bond motifs is 1. The number of rotatable bonds is 2. The Bertz CT molecular complexity index is 517. The summed E-state index contributed by atoms with van der Waals surface area (Å²) in [6, 6.07) is 7.59. The van der Waals surface area contributed by atoms with Crippen LogP contribution in [0.3, 0.4) is 0 Å². The van der Waals surface area contributed by atoms with Gasteiger partial charge in [0.05, 0.1) is 17.6 Å². The smallest absolute Gasteiger partial charge is 0.231 e. The minimum atomic E-state index is -0.837. The fraction of sp³-hybridized carbons (Fsp3) is 0.500. The molecule has 0 amide bonds. The SMILES string of the molecule is N#CC1(C(O)c2ccc3c(c2)OCO3)CCOCC1. The van der Waals surface area contributed by atoms with Gasteiger partial charge >= 0.3 is 0 Å². The number of aliphatic hydroxyl groups excluding tert-OH is 1. The van der Waals surface area contributed by atoms with Crippen molar-refractivity contribution in [2.45, 2.75) is 18.9 Å². The van der Waals surface area contributed by atoms with E-state index in [0.29, 0.717) is 43.1 Å². The first kappa shape index (κ1) is 12.3. The lowest BCUT2D eigenvalue weighted by Crippen LogP contribution is -2.34. The maximum atomic E-state index is 10.6. The molecule has 19 heavy (non-hydrogen) atoms. The first-order valence-corrected chi connectivity index (χ1v) is 6.32. The summed E-state index contributed by atoms with van der Waals surface area (Å²) in [7, 11) is 0. The van der Waals surface area contributed by atoms with E-state index in [1.54, 1.807) is 18.2 Å². The van der Waals surface area contributed by atoms with Gasteiger partial charge in [-0.3, -0.25) is 0 Å². The summed E-state index contributed by atoms with van der Waals surface area (Å²) < 4.78 is 15.8. The number of nitriles is 1. The third-order valence-electron chi connectivity index (χ3n) is 3.84. The number of ether oxygens (including phenoxy) is 3. The van der Waals surface area contributed by atoms with Crippen molar-refractivity contribution in [3.63, 3.8) is 0 Å². The highest BCUT2D eigenvalue weighted by Crippen LogP contribution is 2.44. The third-order valence-corrected chi connectivity index (χ3v) is 3.84. The van der Waals surface area contributed by atoms with Crippen molar-refractivity contribution >= 4 is 0 Å². The Morgan fingerprint density at radius 2 is 1.95 bits per heavy atom. The molecule has 0 bridgehead atoms. The molecule has 1 unspecified atom stereocenters. The molecule has 5 heteroatoms. The minimum absolute atomic E-state index is 0.201. The second-order valence-corrected chi connectivity index (χ2v) is 4.90. The molecule has 0 aliphatic carbocycles. The zero-order valence-corrected chi connectivity index (χ0v) is 10.5. The van der Waals surface area contributed by atoms with Crippen LogP contribution in [0, 0.1) is 16.7 Å². The highest BCUT2D eigenvalue weighted by Gasteiger charge is 2.41. The van der Waals surface area contributed by atoms with Crippen LogP contribution in [0.4, 0.5) is 0 Å². The molecule has 2 aliphatic heterocycles. The number of hydrogen-bond donors (Lipinski definition) is 1. The Morgan fingerprint density at radius 3 is 2.68 bits per heavy atom. The van der Waals surface area contributed by atoms with Gasteiger partial charge in [-0.05, 0) is 30.5 Å². The summed E-state index contributed by atoms with van der Waals surface area (Å²) in [5.74, 6) is 1.30. The van der Waals surface area contributed by atoms with E-state index < -0.39 is 11.5 Å². The lowest BCUT2D eigenvalue weighted by Gasteiger charge is -2.35. The Kier molecular flexibility index (Phi) is 3.05. The molecule has 1 N–H and O–H groups in total. The van der Waals surface area contributed by atoms with Crippen LogP contribution in [-0.2, 0) is 4.74 Å². The fourth-order valence-electron chi connectivity index (χ4n) is 2.58. The summed E-state index contributed by atoms with van der Waals surface area (Å²) in [5.41, 5.74) is -0.0842. The largest absolute Gasteiger partial charge is 0.454 e. The Labute approximate surface area is 111 Å². The summed E-state index contributed by atoms with van der Waals surface area (Å²) in [5, 5.41) is 20.0. The second-order valence-electron chi connectivity index (χ2n) is 4.90. The molecule has 0 saturated carbocycles. The number of benzene rings is 1. The first-order valence-electron chi connectivity index (χ1n) is 6.32. The van der Waals surface area contributed by atoms with Crippen LogP contribution in [0.2, 0.25) is 0 Å². The van der Waals surface area contributed by atoms with Gasteiger partial charge < -0.3 is 19.3 Å². The molecule has 2 heterocycles. The lowest BCUT2D eigenvalue weighted by atomic mass is 9.74. The van der Waals surface area contributed by atoms with E-state index in [-0.39, 0.29) is 6.79 Å². The normalized spacial score (nSPS) is 21.7. The van der Waals surface area contributed by atoms with Crippen LogP contribution < -0.4 is 9.47 Å². The maximum absolute atomic E-state index is 10.6. The zero-order chi connectivity index (χ0) is 13.3. The van der Waals surface area contributed by atoms with Gasteiger partial charge in [0.1, 0.15) is 0 Å². The van der Waals surface area contributed by atoms with E-state index in [1.807, 2.05) is 0 Å². The van der Waals surface area contributed by atoms with E-state index in [2.05, 4.69) is 6.07 Å². The van der Waals surface area contributed by atoms with Crippen LogP contribution in [0.5, 0.6) is 11.5 Å². The van der Waals surface area contributed by atoms with E-state index in [0.717, 1.165) is 0 Å². The highest BCUT2D eigenvalue weighted by atomic mass is 16.7.